The van der Waals surface area contributed by atoms with Crippen molar-refractivity contribution in [3.05, 3.63) is 0 Å². The van der Waals surface area contributed by atoms with Crippen LogP contribution in [-0.4, -0.2) is 42.0 Å². The molecule has 0 aromatic rings. The zero-order chi connectivity index (χ0) is 15.2. The van der Waals surface area contributed by atoms with Crippen molar-refractivity contribution in [1.29, 1.82) is 0 Å². The normalized spacial score (nSPS) is 19.9. The Bertz CT molecular complexity index is 304. The van der Waals surface area contributed by atoms with Crippen LogP contribution in [0.4, 0.5) is 0 Å². The molecule has 118 valence electrons. The lowest BCUT2D eigenvalue weighted by atomic mass is 9.91. The molecule has 0 saturated heterocycles. The van der Waals surface area contributed by atoms with Crippen LogP contribution in [0.3, 0.4) is 0 Å². The molecule has 20 heavy (non-hydrogen) atoms. The van der Waals surface area contributed by atoms with E-state index in [9.17, 15) is 4.79 Å². The summed E-state index contributed by atoms with van der Waals surface area (Å²) in [4.78, 5) is 14.4. The van der Waals surface area contributed by atoms with Gasteiger partial charge in [0.15, 0.2) is 0 Å². The highest BCUT2D eigenvalue weighted by molar-refractivity contribution is 5.84. The van der Waals surface area contributed by atoms with Crippen LogP contribution < -0.4 is 11.1 Å². The van der Waals surface area contributed by atoms with E-state index < -0.39 is 5.54 Å². The Morgan fingerprint density at radius 1 is 1.40 bits per heavy atom. The zero-order valence-corrected chi connectivity index (χ0v) is 13.7. The molecule has 1 aliphatic carbocycles. The number of carbonyl (C=O) groups is 1. The number of nitrogens with one attached hydrogen (secondary N) is 1. The molecule has 0 bridgehead atoms. The van der Waals surface area contributed by atoms with Crippen LogP contribution in [-0.2, 0) is 4.79 Å². The number of hydrogen-bond donors (Lipinski definition) is 2. The summed E-state index contributed by atoms with van der Waals surface area (Å²) in [6.45, 7) is 11.6. The molecule has 0 heterocycles. The van der Waals surface area contributed by atoms with Crippen molar-refractivity contribution in [2.45, 2.75) is 71.4 Å². The average Bonchev–Trinajstić information content (AvgIpc) is 3.19. The van der Waals surface area contributed by atoms with Gasteiger partial charge in [-0.05, 0) is 65.0 Å². The molecule has 1 aliphatic rings. The van der Waals surface area contributed by atoms with Gasteiger partial charge in [-0.25, -0.2) is 0 Å². The van der Waals surface area contributed by atoms with Gasteiger partial charge < -0.3 is 16.0 Å². The second kappa shape index (κ2) is 7.99. The summed E-state index contributed by atoms with van der Waals surface area (Å²) in [5, 5.41) is 3.34. The minimum Gasteiger partial charge on any atom is -0.368 e. The molecule has 0 aromatic heterocycles. The Morgan fingerprint density at radius 3 is 2.50 bits per heavy atom. The Kier molecular flexibility index (Phi) is 6.96. The summed E-state index contributed by atoms with van der Waals surface area (Å²) in [6.07, 6.45) is 5.70. The predicted molar refractivity (Wildman–Crippen MR) is 84.6 cm³/mol. The molecule has 4 nitrogen and oxygen atoms in total. The topological polar surface area (TPSA) is 58.4 Å². The standard InChI is InChI=1S/C16H33N3O/c1-5-9-18-16(4,15(17)20)11-13(3)19(10-6-2)12-14-7-8-14/h13-14,18H,5-12H2,1-4H3,(H2,17,20). The Labute approximate surface area is 124 Å². The number of nitrogens with zero attached hydrogens (tertiary/aromatic N) is 1. The van der Waals surface area contributed by atoms with Crippen LogP contribution in [0.5, 0.6) is 0 Å². The Morgan fingerprint density at radius 2 is 2.05 bits per heavy atom. The van der Waals surface area contributed by atoms with Gasteiger partial charge in [0.1, 0.15) is 0 Å². The summed E-state index contributed by atoms with van der Waals surface area (Å²) >= 11 is 0. The molecular formula is C16H33N3O. The molecule has 1 saturated carbocycles. The molecular weight excluding hydrogens is 250 g/mol. The van der Waals surface area contributed by atoms with Gasteiger partial charge in [-0.2, -0.15) is 0 Å². The summed E-state index contributed by atoms with van der Waals surface area (Å²) < 4.78 is 0. The van der Waals surface area contributed by atoms with Crippen LogP contribution in [0.15, 0.2) is 0 Å². The van der Waals surface area contributed by atoms with E-state index in [1.807, 2.05) is 6.92 Å². The van der Waals surface area contributed by atoms with E-state index in [0.29, 0.717) is 6.04 Å². The SMILES string of the molecule is CCCNC(C)(CC(C)N(CCC)CC1CC1)C(N)=O. The van der Waals surface area contributed by atoms with Crippen molar-refractivity contribution in [3.8, 4) is 0 Å². The smallest absolute Gasteiger partial charge is 0.237 e. The van der Waals surface area contributed by atoms with Gasteiger partial charge in [-0.1, -0.05) is 13.8 Å². The van der Waals surface area contributed by atoms with Gasteiger partial charge in [0, 0.05) is 12.6 Å². The minimum atomic E-state index is -0.592. The number of nitrogens with two attached hydrogens (primary N) is 1. The summed E-state index contributed by atoms with van der Waals surface area (Å²) in [5.41, 5.74) is 5.04. The molecule has 4 heteroatoms. The number of amides is 1. The van der Waals surface area contributed by atoms with Crippen LogP contribution in [0, 0.1) is 5.92 Å². The molecule has 0 radical (unpaired) electrons. The summed E-state index contributed by atoms with van der Waals surface area (Å²) in [6, 6.07) is 0.386. The quantitative estimate of drug-likeness (QED) is 0.611. The Hall–Kier alpha value is -0.610. The minimum absolute atomic E-state index is 0.235. The van der Waals surface area contributed by atoms with Crippen molar-refractivity contribution in [2.75, 3.05) is 19.6 Å². The van der Waals surface area contributed by atoms with Crippen LogP contribution in [0.1, 0.15) is 59.8 Å². The molecule has 1 fully saturated rings. The Balaban J connectivity index is 2.60. The van der Waals surface area contributed by atoms with Gasteiger partial charge in [-0.3, -0.25) is 4.79 Å². The fraction of sp³-hybridized carbons (Fsp3) is 0.938. The first-order chi connectivity index (χ1) is 9.42. The third kappa shape index (κ3) is 5.41. The molecule has 1 amide bonds. The van der Waals surface area contributed by atoms with E-state index in [0.717, 1.165) is 38.3 Å². The summed E-state index contributed by atoms with van der Waals surface area (Å²) in [7, 11) is 0. The number of hydrogen-bond acceptors (Lipinski definition) is 3. The first-order valence-electron chi connectivity index (χ1n) is 8.22. The molecule has 2 atom stereocenters. The van der Waals surface area contributed by atoms with E-state index in [1.165, 1.54) is 19.4 Å². The fourth-order valence-corrected chi connectivity index (χ4v) is 2.79. The molecule has 1 rings (SSSR count). The highest BCUT2D eigenvalue weighted by Crippen LogP contribution is 2.31. The second-order valence-corrected chi connectivity index (χ2v) is 6.61. The van der Waals surface area contributed by atoms with Crippen molar-refractivity contribution < 1.29 is 4.79 Å². The lowest BCUT2D eigenvalue weighted by Crippen LogP contribution is -2.56. The number of primary amides is 1. The molecule has 0 aliphatic heterocycles. The van der Waals surface area contributed by atoms with Gasteiger partial charge in [0.25, 0.3) is 0 Å². The molecule has 3 N–H and O–H groups in total. The summed E-state index contributed by atoms with van der Waals surface area (Å²) in [5.74, 6) is 0.646. The van der Waals surface area contributed by atoms with Crippen molar-refractivity contribution in [1.82, 2.24) is 10.2 Å². The van der Waals surface area contributed by atoms with E-state index >= 15 is 0 Å². The van der Waals surface area contributed by atoms with Crippen molar-refractivity contribution >= 4 is 5.91 Å². The van der Waals surface area contributed by atoms with Crippen molar-refractivity contribution in [3.63, 3.8) is 0 Å². The highest BCUT2D eigenvalue weighted by atomic mass is 16.1. The van der Waals surface area contributed by atoms with Crippen LogP contribution in [0.2, 0.25) is 0 Å². The zero-order valence-electron chi connectivity index (χ0n) is 13.7. The third-order valence-corrected chi connectivity index (χ3v) is 4.34. The second-order valence-electron chi connectivity index (χ2n) is 6.61. The third-order valence-electron chi connectivity index (χ3n) is 4.34. The number of rotatable bonds is 11. The lowest BCUT2D eigenvalue weighted by Gasteiger charge is -2.36. The van der Waals surface area contributed by atoms with Gasteiger partial charge in [-0.15, -0.1) is 0 Å². The van der Waals surface area contributed by atoms with Gasteiger partial charge in [0.2, 0.25) is 5.91 Å². The largest absolute Gasteiger partial charge is 0.368 e. The predicted octanol–water partition coefficient (Wildman–Crippen LogP) is 2.13. The molecule has 0 spiro atoms. The van der Waals surface area contributed by atoms with Crippen LogP contribution >= 0.6 is 0 Å². The highest BCUT2D eigenvalue weighted by Gasteiger charge is 2.35. The van der Waals surface area contributed by atoms with E-state index in [-0.39, 0.29) is 5.91 Å². The maximum atomic E-state index is 11.8. The van der Waals surface area contributed by atoms with Gasteiger partial charge >= 0.3 is 0 Å². The van der Waals surface area contributed by atoms with Gasteiger partial charge in [0.05, 0.1) is 5.54 Å². The van der Waals surface area contributed by atoms with Crippen molar-refractivity contribution in [2.24, 2.45) is 11.7 Å². The maximum absolute atomic E-state index is 11.8. The monoisotopic (exact) mass is 283 g/mol. The van der Waals surface area contributed by atoms with E-state index in [1.54, 1.807) is 0 Å². The molecule has 0 aromatic carbocycles. The first kappa shape index (κ1) is 17.4. The van der Waals surface area contributed by atoms with E-state index in [2.05, 4.69) is 31.0 Å². The lowest BCUT2D eigenvalue weighted by molar-refractivity contribution is -0.124. The fourth-order valence-electron chi connectivity index (χ4n) is 2.79. The van der Waals surface area contributed by atoms with E-state index in [4.69, 9.17) is 5.73 Å². The number of carbonyl (C=O) groups excluding carboxylic acids is 1. The average molecular weight is 283 g/mol. The molecule has 2 unspecified atom stereocenters. The first-order valence-corrected chi connectivity index (χ1v) is 8.22. The van der Waals surface area contributed by atoms with Crippen LogP contribution in [0.25, 0.3) is 0 Å². The maximum Gasteiger partial charge on any atom is 0.237 e.